The van der Waals surface area contributed by atoms with Crippen LogP contribution in [-0.2, 0) is 11.2 Å². The molecule has 23 heavy (non-hydrogen) atoms. The topological polar surface area (TPSA) is 58.8 Å². The highest BCUT2D eigenvalue weighted by molar-refractivity contribution is 5.80. The van der Waals surface area contributed by atoms with Gasteiger partial charge in [0.25, 0.3) is 0 Å². The Morgan fingerprint density at radius 3 is 2.83 bits per heavy atom. The zero-order valence-electron chi connectivity index (χ0n) is 15.1. The molecule has 132 valence electrons. The molecular formula is C18H33N3O2. The molecule has 0 aliphatic heterocycles. The summed E-state index contributed by atoms with van der Waals surface area (Å²) in [6.07, 6.45) is 4.57. The van der Waals surface area contributed by atoms with E-state index >= 15 is 0 Å². The maximum absolute atomic E-state index is 5.59. The molecule has 0 spiro atoms. The van der Waals surface area contributed by atoms with E-state index in [-0.39, 0.29) is 0 Å². The van der Waals surface area contributed by atoms with Crippen molar-refractivity contribution in [2.24, 2.45) is 10.9 Å². The van der Waals surface area contributed by atoms with Crippen LogP contribution in [0.25, 0.3) is 0 Å². The molecule has 5 nitrogen and oxygen atoms in total. The number of aliphatic imine (C=N–C) groups is 1. The first-order valence-corrected chi connectivity index (χ1v) is 8.76. The fourth-order valence-corrected chi connectivity index (χ4v) is 1.92. The predicted molar refractivity (Wildman–Crippen MR) is 95.9 cm³/mol. The van der Waals surface area contributed by atoms with E-state index in [0.717, 1.165) is 57.3 Å². The first kappa shape index (κ1) is 19.6. The van der Waals surface area contributed by atoms with Crippen molar-refractivity contribution in [3.8, 4) is 0 Å². The molecule has 0 saturated carbocycles. The lowest BCUT2D eigenvalue weighted by atomic mass is 10.2. The van der Waals surface area contributed by atoms with Crippen LogP contribution in [0.3, 0.4) is 0 Å². The average Bonchev–Trinajstić information content (AvgIpc) is 3.03. The van der Waals surface area contributed by atoms with Crippen molar-refractivity contribution in [1.82, 2.24) is 10.6 Å². The van der Waals surface area contributed by atoms with Crippen LogP contribution in [0.1, 0.15) is 46.3 Å². The number of ether oxygens (including phenoxy) is 1. The van der Waals surface area contributed by atoms with Gasteiger partial charge in [0, 0.05) is 38.8 Å². The summed E-state index contributed by atoms with van der Waals surface area (Å²) < 4.78 is 10.9. The SMILES string of the molecule is CCC(C)NC(=NCCCOCC(C)C)NCCc1ccco1. The van der Waals surface area contributed by atoms with Crippen molar-refractivity contribution in [2.45, 2.75) is 53.0 Å². The lowest BCUT2D eigenvalue weighted by molar-refractivity contribution is 0.109. The van der Waals surface area contributed by atoms with Gasteiger partial charge in [-0.15, -0.1) is 0 Å². The molecule has 0 saturated heterocycles. The molecule has 1 unspecified atom stereocenters. The van der Waals surface area contributed by atoms with Crippen LogP contribution < -0.4 is 10.6 Å². The van der Waals surface area contributed by atoms with E-state index in [1.807, 2.05) is 12.1 Å². The zero-order chi connectivity index (χ0) is 16.9. The summed E-state index contributed by atoms with van der Waals surface area (Å²) in [5.41, 5.74) is 0. The first-order valence-electron chi connectivity index (χ1n) is 8.76. The molecule has 1 aromatic heterocycles. The Labute approximate surface area is 140 Å². The standard InChI is InChI=1S/C18H33N3O2/c1-5-16(4)21-18(19-10-7-12-22-14-15(2)3)20-11-9-17-8-6-13-23-17/h6,8,13,15-16H,5,7,9-12,14H2,1-4H3,(H2,19,20,21). The molecule has 1 atom stereocenters. The van der Waals surface area contributed by atoms with Gasteiger partial charge in [-0.25, -0.2) is 0 Å². The summed E-state index contributed by atoms with van der Waals surface area (Å²) in [7, 11) is 0. The van der Waals surface area contributed by atoms with Gasteiger partial charge in [-0.05, 0) is 37.8 Å². The van der Waals surface area contributed by atoms with E-state index in [0.29, 0.717) is 12.0 Å². The van der Waals surface area contributed by atoms with E-state index in [1.54, 1.807) is 6.26 Å². The molecule has 0 radical (unpaired) electrons. The number of furan rings is 1. The Morgan fingerprint density at radius 2 is 2.17 bits per heavy atom. The molecule has 0 aliphatic carbocycles. The Kier molecular flexibility index (Phi) is 10.2. The predicted octanol–water partition coefficient (Wildman–Crippen LogP) is 3.22. The van der Waals surface area contributed by atoms with Crippen LogP contribution in [-0.4, -0.2) is 38.3 Å². The molecule has 1 heterocycles. The van der Waals surface area contributed by atoms with Crippen LogP contribution in [0.5, 0.6) is 0 Å². The maximum atomic E-state index is 5.59. The van der Waals surface area contributed by atoms with Gasteiger partial charge in [0.15, 0.2) is 5.96 Å². The Bertz CT molecular complexity index is 416. The third kappa shape index (κ3) is 10.00. The minimum atomic E-state index is 0.405. The van der Waals surface area contributed by atoms with Crippen molar-refractivity contribution >= 4 is 5.96 Å². The van der Waals surface area contributed by atoms with E-state index in [1.165, 1.54) is 0 Å². The van der Waals surface area contributed by atoms with E-state index < -0.39 is 0 Å². The molecule has 0 aliphatic rings. The minimum absolute atomic E-state index is 0.405. The third-order valence-electron chi connectivity index (χ3n) is 3.41. The smallest absolute Gasteiger partial charge is 0.191 e. The van der Waals surface area contributed by atoms with Gasteiger partial charge >= 0.3 is 0 Å². The van der Waals surface area contributed by atoms with Crippen molar-refractivity contribution < 1.29 is 9.15 Å². The van der Waals surface area contributed by atoms with Crippen LogP contribution in [0.4, 0.5) is 0 Å². The Morgan fingerprint density at radius 1 is 1.35 bits per heavy atom. The zero-order valence-corrected chi connectivity index (χ0v) is 15.1. The van der Waals surface area contributed by atoms with Crippen molar-refractivity contribution in [2.75, 3.05) is 26.3 Å². The van der Waals surface area contributed by atoms with Gasteiger partial charge in [-0.3, -0.25) is 4.99 Å². The normalized spacial score (nSPS) is 13.3. The van der Waals surface area contributed by atoms with Gasteiger partial charge in [0.05, 0.1) is 6.26 Å². The highest BCUT2D eigenvalue weighted by Gasteiger charge is 2.04. The van der Waals surface area contributed by atoms with Gasteiger partial charge in [0.2, 0.25) is 0 Å². The molecule has 0 bridgehead atoms. The second-order valence-electron chi connectivity index (χ2n) is 6.26. The lowest BCUT2D eigenvalue weighted by Crippen LogP contribution is -2.42. The third-order valence-corrected chi connectivity index (χ3v) is 3.41. The van der Waals surface area contributed by atoms with Crippen LogP contribution in [0.2, 0.25) is 0 Å². The summed E-state index contributed by atoms with van der Waals surface area (Å²) in [4.78, 5) is 4.63. The highest BCUT2D eigenvalue weighted by atomic mass is 16.5. The number of nitrogens with one attached hydrogen (secondary N) is 2. The molecule has 0 fully saturated rings. The summed E-state index contributed by atoms with van der Waals surface area (Å²) in [5, 5.41) is 6.79. The molecule has 0 amide bonds. The van der Waals surface area contributed by atoms with Crippen LogP contribution in [0.15, 0.2) is 27.8 Å². The number of hydrogen-bond donors (Lipinski definition) is 2. The second kappa shape index (κ2) is 12.0. The van der Waals surface area contributed by atoms with Crippen LogP contribution >= 0.6 is 0 Å². The van der Waals surface area contributed by atoms with Crippen molar-refractivity contribution in [1.29, 1.82) is 0 Å². The van der Waals surface area contributed by atoms with Crippen LogP contribution in [0, 0.1) is 5.92 Å². The summed E-state index contributed by atoms with van der Waals surface area (Å²) in [5.74, 6) is 2.45. The average molecular weight is 323 g/mol. The fraction of sp³-hybridized carbons (Fsp3) is 0.722. The molecular weight excluding hydrogens is 290 g/mol. The lowest BCUT2D eigenvalue weighted by Gasteiger charge is -2.17. The number of nitrogens with zero attached hydrogens (tertiary/aromatic N) is 1. The van der Waals surface area contributed by atoms with E-state index in [2.05, 4.69) is 43.3 Å². The highest BCUT2D eigenvalue weighted by Crippen LogP contribution is 1.99. The van der Waals surface area contributed by atoms with E-state index in [9.17, 15) is 0 Å². The Hall–Kier alpha value is -1.49. The summed E-state index contributed by atoms with van der Waals surface area (Å²) >= 11 is 0. The van der Waals surface area contributed by atoms with Gasteiger partial charge in [-0.2, -0.15) is 0 Å². The molecule has 1 aromatic rings. The molecule has 0 aromatic carbocycles. The molecule has 5 heteroatoms. The minimum Gasteiger partial charge on any atom is -0.469 e. The largest absolute Gasteiger partial charge is 0.469 e. The number of guanidine groups is 1. The van der Waals surface area contributed by atoms with Crippen molar-refractivity contribution in [3.63, 3.8) is 0 Å². The maximum Gasteiger partial charge on any atom is 0.191 e. The monoisotopic (exact) mass is 323 g/mol. The van der Waals surface area contributed by atoms with Crippen molar-refractivity contribution in [3.05, 3.63) is 24.2 Å². The first-order chi connectivity index (χ1) is 11.1. The number of hydrogen-bond acceptors (Lipinski definition) is 3. The van der Waals surface area contributed by atoms with E-state index in [4.69, 9.17) is 9.15 Å². The molecule has 1 rings (SSSR count). The summed E-state index contributed by atoms with van der Waals surface area (Å²) in [6.45, 7) is 11.8. The van der Waals surface area contributed by atoms with Gasteiger partial charge in [0.1, 0.15) is 5.76 Å². The second-order valence-corrected chi connectivity index (χ2v) is 6.26. The molecule has 2 N–H and O–H groups in total. The van der Waals surface area contributed by atoms with Gasteiger partial charge in [-0.1, -0.05) is 20.8 Å². The summed E-state index contributed by atoms with van der Waals surface area (Å²) in [6, 6.07) is 4.31. The number of rotatable bonds is 11. The van der Waals surface area contributed by atoms with Gasteiger partial charge < -0.3 is 19.8 Å². The fourth-order valence-electron chi connectivity index (χ4n) is 1.92. The Balaban J connectivity index is 2.30. The quantitative estimate of drug-likeness (QED) is 0.373.